The van der Waals surface area contributed by atoms with Gasteiger partial charge in [-0.05, 0) is 30.7 Å². The number of carbonyl (C=O) groups is 1. The van der Waals surface area contributed by atoms with Crippen LogP contribution >= 0.6 is 0 Å². The lowest BCUT2D eigenvalue weighted by molar-refractivity contribution is 0.0999. The van der Waals surface area contributed by atoms with Crippen molar-refractivity contribution in [3.8, 4) is 0 Å². The Morgan fingerprint density at radius 3 is 2.88 bits per heavy atom. The molecule has 1 aromatic carbocycles. The third-order valence-corrected chi connectivity index (χ3v) is 2.34. The van der Waals surface area contributed by atoms with Crippen LogP contribution in [0.5, 0.6) is 0 Å². The van der Waals surface area contributed by atoms with Crippen molar-refractivity contribution in [1.29, 1.82) is 0 Å². The second-order valence-electron chi connectivity index (χ2n) is 3.40. The van der Waals surface area contributed by atoms with Gasteiger partial charge >= 0.3 is 0 Å². The molecule has 0 aliphatic carbocycles. The quantitative estimate of drug-likeness (QED) is 0.488. The van der Waals surface area contributed by atoms with Crippen molar-refractivity contribution in [3.63, 3.8) is 0 Å². The number of nitrogens with two attached hydrogens (primary N) is 1. The summed E-state index contributed by atoms with van der Waals surface area (Å²) in [5.74, 6) is -0.400. The lowest BCUT2D eigenvalue weighted by Gasteiger charge is -2.12. The Labute approximate surface area is 95.5 Å². The fourth-order valence-electron chi connectivity index (χ4n) is 1.60. The van der Waals surface area contributed by atoms with Gasteiger partial charge in [-0.25, -0.2) is 0 Å². The second-order valence-corrected chi connectivity index (χ2v) is 3.40. The Balaban J connectivity index is 3.10. The molecular formula is C12H17N3O. The number of primary amides is 1. The standard InChI is InChI=1S/C12H17N3O/c1-3-5-10-9(8-15-14-2)6-4-7-11(10)12(13)16/h3-4,6-7,14-15H,1,5,8H2,2H3,(H2,13,16). The molecule has 1 amide bonds. The van der Waals surface area contributed by atoms with Crippen LogP contribution in [0.25, 0.3) is 0 Å². The van der Waals surface area contributed by atoms with Gasteiger partial charge in [0.25, 0.3) is 0 Å². The van der Waals surface area contributed by atoms with Gasteiger partial charge in [-0.3, -0.25) is 15.6 Å². The lowest BCUT2D eigenvalue weighted by atomic mass is 9.98. The molecule has 0 heterocycles. The summed E-state index contributed by atoms with van der Waals surface area (Å²) < 4.78 is 0. The van der Waals surface area contributed by atoms with Crippen LogP contribution < -0.4 is 16.6 Å². The highest BCUT2D eigenvalue weighted by molar-refractivity contribution is 5.94. The van der Waals surface area contributed by atoms with Crippen LogP contribution in [-0.4, -0.2) is 13.0 Å². The van der Waals surface area contributed by atoms with E-state index >= 15 is 0 Å². The maximum absolute atomic E-state index is 11.3. The minimum Gasteiger partial charge on any atom is -0.366 e. The Morgan fingerprint density at radius 1 is 1.56 bits per heavy atom. The van der Waals surface area contributed by atoms with Crippen LogP contribution in [-0.2, 0) is 13.0 Å². The molecule has 0 fully saturated rings. The van der Waals surface area contributed by atoms with E-state index in [2.05, 4.69) is 17.4 Å². The first-order chi connectivity index (χ1) is 7.70. The summed E-state index contributed by atoms with van der Waals surface area (Å²) in [4.78, 5) is 11.3. The summed E-state index contributed by atoms with van der Waals surface area (Å²) in [5.41, 5.74) is 13.7. The highest BCUT2D eigenvalue weighted by atomic mass is 16.1. The van der Waals surface area contributed by atoms with Gasteiger partial charge in [0.15, 0.2) is 0 Å². The molecule has 0 atom stereocenters. The molecule has 0 saturated heterocycles. The fourth-order valence-corrected chi connectivity index (χ4v) is 1.60. The van der Waals surface area contributed by atoms with E-state index in [1.807, 2.05) is 12.1 Å². The Morgan fingerprint density at radius 2 is 2.31 bits per heavy atom. The molecule has 4 nitrogen and oxygen atoms in total. The summed E-state index contributed by atoms with van der Waals surface area (Å²) in [6.07, 6.45) is 2.41. The average molecular weight is 219 g/mol. The number of hydrogen-bond donors (Lipinski definition) is 3. The fraction of sp³-hybridized carbons (Fsp3) is 0.250. The number of rotatable bonds is 6. The van der Waals surface area contributed by atoms with Crippen molar-refractivity contribution in [2.45, 2.75) is 13.0 Å². The molecule has 0 aliphatic heterocycles. The first-order valence-corrected chi connectivity index (χ1v) is 5.11. The smallest absolute Gasteiger partial charge is 0.248 e. The number of hydrazine groups is 1. The molecule has 0 unspecified atom stereocenters. The molecule has 0 bridgehead atoms. The molecule has 0 radical (unpaired) electrons. The molecule has 0 spiro atoms. The zero-order chi connectivity index (χ0) is 12.0. The van der Waals surface area contributed by atoms with E-state index in [1.54, 1.807) is 19.2 Å². The van der Waals surface area contributed by atoms with Gasteiger partial charge in [0.2, 0.25) is 5.91 Å². The zero-order valence-corrected chi connectivity index (χ0v) is 9.42. The monoisotopic (exact) mass is 219 g/mol. The normalized spacial score (nSPS) is 10.1. The number of benzene rings is 1. The van der Waals surface area contributed by atoms with Gasteiger partial charge in [0.1, 0.15) is 0 Å². The summed E-state index contributed by atoms with van der Waals surface area (Å²) in [6.45, 7) is 4.33. The number of hydrogen-bond acceptors (Lipinski definition) is 3. The Bertz CT molecular complexity index is 388. The summed E-state index contributed by atoms with van der Waals surface area (Å²) in [6, 6.07) is 5.54. The van der Waals surface area contributed by atoms with Gasteiger partial charge in [0, 0.05) is 12.1 Å². The molecular weight excluding hydrogens is 202 g/mol. The third-order valence-electron chi connectivity index (χ3n) is 2.34. The maximum Gasteiger partial charge on any atom is 0.248 e. The van der Waals surface area contributed by atoms with Gasteiger partial charge in [-0.15, -0.1) is 6.58 Å². The lowest BCUT2D eigenvalue weighted by Crippen LogP contribution is -2.27. The number of nitrogens with one attached hydrogen (secondary N) is 2. The van der Waals surface area contributed by atoms with Crippen molar-refractivity contribution < 1.29 is 4.79 Å². The van der Waals surface area contributed by atoms with Crippen LogP contribution in [0.2, 0.25) is 0 Å². The van der Waals surface area contributed by atoms with Crippen LogP contribution in [0.3, 0.4) is 0 Å². The van der Waals surface area contributed by atoms with Crippen LogP contribution in [0.1, 0.15) is 21.5 Å². The number of allylic oxidation sites excluding steroid dienone is 1. The van der Waals surface area contributed by atoms with E-state index < -0.39 is 5.91 Å². The predicted octanol–water partition coefficient (Wildman–Crippen LogP) is 0.738. The molecule has 4 N–H and O–H groups in total. The predicted molar refractivity (Wildman–Crippen MR) is 64.8 cm³/mol. The molecule has 0 aliphatic rings. The van der Waals surface area contributed by atoms with Crippen molar-refractivity contribution in [1.82, 2.24) is 10.9 Å². The molecule has 1 aromatic rings. The molecule has 0 saturated carbocycles. The van der Waals surface area contributed by atoms with Crippen LogP contribution in [0.15, 0.2) is 30.9 Å². The molecule has 16 heavy (non-hydrogen) atoms. The van der Waals surface area contributed by atoms with E-state index in [9.17, 15) is 4.79 Å². The number of amides is 1. The zero-order valence-electron chi connectivity index (χ0n) is 9.42. The van der Waals surface area contributed by atoms with E-state index in [4.69, 9.17) is 5.73 Å². The van der Waals surface area contributed by atoms with Gasteiger partial charge in [-0.1, -0.05) is 18.2 Å². The largest absolute Gasteiger partial charge is 0.366 e. The van der Waals surface area contributed by atoms with Crippen molar-refractivity contribution in [2.75, 3.05) is 7.05 Å². The van der Waals surface area contributed by atoms with E-state index in [1.165, 1.54) is 0 Å². The summed E-state index contributed by atoms with van der Waals surface area (Å²) in [5, 5.41) is 0. The van der Waals surface area contributed by atoms with Crippen LogP contribution in [0, 0.1) is 0 Å². The highest BCUT2D eigenvalue weighted by Crippen LogP contribution is 2.15. The Kier molecular flexibility index (Phi) is 4.69. The minimum absolute atomic E-state index is 0.400. The third kappa shape index (κ3) is 2.92. The van der Waals surface area contributed by atoms with Gasteiger partial charge in [0.05, 0.1) is 0 Å². The second kappa shape index (κ2) is 6.05. The van der Waals surface area contributed by atoms with E-state index in [-0.39, 0.29) is 0 Å². The summed E-state index contributed by atoms with van der Waals surface area (Å²) in [7, 11) is 1.80. The van der Waals surface area contributed by atoms with E-state index in [0.29, 0.717) is 18.5 Å². The average Bonchev–Trinajstić information content (AvgIpc) is 2.27. The van der Waals surface area contributed by atoms with Crippen molar-refractivity contribution in [3.05, 3.63) is 47.5 Å². The molecule has 86 valence electrons. The summed E-state index contributed by atoms with van der Waals surface area (Å²) >= 11 is 0. The SMILES string of the molecule is C=CCc1c(CNNC)cccc1C(N)=O. The first-order valence-electron chi connectivity index (χ1n) is 5.11. The van der Waals surface area contributed by atoms with E-state index in [0.717, 1.165) is 11.1 Å². The molecule has 4 heteroatoms. The molecule has 0 aromatic heterocycles. The van der Waals surface area contributed by atoms with Crippen molar-refractivity contribution in [2.24, 2.45) is 5.73 Å². The minimum atomic E-state index is -0.400. The van der Waals surface area contributed by atoms with Gasteiger partial charge in [-0.2, -0.15) is 0 Å². The molecule has 1 rings (SSSR count). The van der Waals surface area contributed by atoms with Crippen molar-refractivity contribution >= 4 is 5.91 Å². The van der Waals surface area contributed by atoms with Crippen LogP contribution in [0.4, 0.5) is 0 Å². The maximum atomic E-state index is 11.3. The number of carbonyl (C=O) groups excluding carboxylic acids is 1. The highest BCUT2D eigenvalue weighted by Gasteiger charge is 2.10. The topological polar surface area (TPSA) is 67.2 Å². The van der Waals surface area contributed by atoms with Gasteiger partial charge < -0.3 is 5.73 Å². The first kappa shape index (κ1) is 12.4. The Hall–Kier alpha value is -1.65.